The zero-order valence-corrected chi connectivity index (χ0v) is 11.2. The molecule has 0 aliphatic heterocycles. The first-order valence-corrected chi connectivity index (χ1v) is 6.09. The summed E-state index contributed by atoms with van der Waals surface area (Å²) >= 11 is 0. The van der Waals surface area contributed by atoms with E-state index in [-0.39, 0.29) is 0 Å². The Hall–Kier alpha value is -1.36. The average Bonchev–Trinajstić information content (AvgIpc) is 2.29. The third-order valence-corrected chi connectivity index (χ3v) is 2.54. The molecular formula is C12H23N5. The largest absolute Gasteiger partial charge is 0.369 e. The van der Waals surface area contributed by atoms with E-state index in [4.69, 9.17) is 0 Å². The van der Waals surface area contributed by atoms with Gasteiger partial charge in [0, 0.05) is 25.2 Å². The van der Waals surface area contributed by atoms with Crippen LogP contribution >= 0.6 is 0 Å². The predicted molar refractivity (Wildman–Crippen MR) is 72.5 cm³/mol. The Kier molecular flexibility index (Phi) is 5.69. The summed E-state index contributed by atoms with van der Waals surface area (Å²) in [4.78, 5) is 10.5. The second-order valence-corrected chi connectivity index (χ2v) is 4.47. The lowest BCUT2D eigenvalue weighted by molar-refractivity contribution is 0.425. The van der Waals surface area contributed by atoms with Gasteiger partial charge in [-0.3, -0.25) is 0 Å². The van der Waals surface area contributed by atoms with Crippen molar-refractivity contribution in [2.75, 3.05) is 37.8 Å². The Bertz CT molecular complexity index is 326. The van der Waals surface area contributed by atoms with Crippen molar-refractivity contribution >= 4 is 11.6 Å². The zero-order valence-electron chi connectivity index (χ0n) is 11.2. The summed E-state index contributed by atoms with van der Waals surface area (Å²) in [7, 11) is 4.11. The molecule has 1 unspecified atom stereocenters. The second-order valence-electron chi connectivity index (χ2n) is 4.47. The summed E-state index contributed by atoms with van der Waals surface area (Å²) in [6.07, 6.45) is 2.66. The van der Waals surface area contributed by atoms with E-state index in [2.05, 4.69) is 53.4 Å². The smallest absolute Gasteiger partial charge is 0.131 e. The highest BCUT2D eigenvalue weighted by Crippen LogP contribution is 2.10. The molecule has 0 aromatic carbocycles. The van der Waals surface area contributed by atoms with Gasteiger partial charge in [-0.15, -0.1) is 0 Å². The monoisotopic (exact) mass is 237 g/mol. The SMILES string of the molecule is CCC(C)Nc1cc(NCCN(C)C)ncn1. The van der Waals surface area contributed by atoms with Crippen molar-refractivity contribution in [2.24, 2.45) is 0 Å². The predicted octanol–water partition coefficient (Wildman–Crippen LogP) is 1.66. The highest BCUT2D eigenvalue weighted by molar-refractivity contribution is 5.46. The van der Waals surface area contributed by atoms with Gasteiger partial charge in [0.2, 0.25) is 0 Å². The lowest BCUT2D eigenvalue weighted by Crippen LogP contribution is -2.21. The van der Waals surface area contributed by atoms with Crippen LogP contribution in [0.1, 0.15) is 20.3 Å². The van der Waals surface area contributed by atoms with E-state index in [1.165, 1.54) is 0 Å². The maximum atomic E-state index is 4.20. The molecule has 0 saturated heterocycles. The summed E-state index contributed by atoms with van der Waals surface area (Å²) in [6, 6.07) is 2.38. The lowest BCUT2D eigenvalue weighted by atomic mass is 10.2. The van der Waals surface area contributed by atoms with Crippen LogP contribution in [0.25, 0.3) is 0 Å². The molecule has 1 heterocycles. The van der Waals surface area contributed by atoms with Gasteiger partial charge >= 0.3 is 0 Å². The van der Waals surface area contributed by atoms with Gasteiger partial charge in [-0.25, -0.2) is 9.97 Å². The fourth-order valence-electron chi connectivity index (χ4n) is 1.30. The highest BCUT2D eigenvalue weighted by Gasteiger charge is 2.01. The third kappa shape index (κ3) is 5.49. The van der Waals surface area contributed by atoms with Crippen LogP contribution in [-0.4, -0.2) is 48.1 Å². The third-order valence-electron chi connectivity index (χ3n) is 2.54. The number of nitrogens with one attached hydrogen (secondary N) is 2. The molecular weight excluding hydrogens is 214 g/mol. The fourth-order valence-corrected chi connectivity index (χ4v) is 1.30. The van der Waals surface area contributed by atoms with Crippen LogP contribution in [0.3, 0.4) is 0 Å². The van der Waals surface area contributed by atoms with Gasteiger partial charge in [-0.2, -0.15) is 0 Å². The normalized spacial score (nSPS) is 12.5. The van der Waals surface area contributed by atoms with Crippen LogP contribution in [0.4, 0.5) is 11.6 Å². The van der Waals surface area contributed by atoms with E-state index < -0.39 is 0 Å². The van der Waals surface area contributed by atoms with E-state index >= 15 is 0 Å². The van der Waals surface area contributed by atoms with Crippen molar-refractivity contribution in [1.82, 2.24) is 14.9 Å². The quantitative estimate of drug-likeness (QED) is 0.755. The van der Waals surface area contributed by atoms with Crippen LogP contribution in [0.5, 0.6) is 0 Å². The van der Waals surface area contributed by atoms with Crippen LogP contribution in [0.2, 0.25) is 0 Å². The summed E-state index contributed by atoms with van der Waals surface area (Å²) in [5, 5.41) is 6.60. The first-order chi connectivity index (χ1) is 8.11. The first-order valence-electron chi connectivity index (χ1n) is 6.09. The molecule has 1 aromatic heterocycles. The number of hydrogen-bond donors (Lipinski definition) is 2. The number of likely N-dealkylation sites (N-methyl/N-ethyl adjacent to an activating group) is 1. The topological polar surface area (TPSA) is 53.1 Å². The van der Waals surface area contributed by atoms with Gasteiger partial charge < -0.3 is 15.5 Å². The van der Waals surface area contributed by atoms with Crippen molar-refractivity contribution < 1.29 is 0 Å². The van der Waals surface area contributed by atoms with E-state index in [1.807, 2.05) is 6.07 Å². The number of aromatic nitrogens is 2. The molecule has 0 spiro atoms. The maximum absolute atomic E-state index is 4.20. The number of nitrogens with zero attached hydrogens (tertiary/aromatic N) is 3. The number of rotatable bonds is 7. The number of hydrogen-bond acceptors (Lipinski definition) is 5. The molecule has 2 N–H and O–H groups in total. The Labute approximate surface area is 104 Å². The van der Waals surface area contributed by atoms with E-state index in [9.17, 15) is 0 Å². The van der Waals surface area contributed by atoms with Gasteiger partial charge in [-0.05, 0) is 27.4 Å². The lowest BCUT2D eigenvalue weighted by Gasteiger charge is -2.14. The molecule has 1 aromatic rings. The van der Waals surface area contributed by atoms with Crippen LogP contribution < -0.4 is 10.6 Å². The van der Waals surface area contributed by atoms with Crippen LogP contribution in [0, 0.1) is 0 Å². The van der Waals surface area contributed by atoms with Crippen LogP contribution in [0.15, 0.2) is 12.4 Å². The molecule has 0 amide bonds. The van der Waals surface area contributed by atoms with Crippen molar-refractivity contribution in [3.05, 3.63) is 12.4 Å². The Morgan fingerprint density at radius 3 is 2.65 bits per heavy atom. The van der Waals surface area contributed by atoms with Crippen molar-refractivity contribution in [1.29, 1.82) is 0 Å². The number of anilines is 2. The maximum Gasteiger partial charge on any atom is 0.131 e. The van der Waals surface area contributed by atoms with Crippen molar-refractivity contribution in [3.63, 3.8) is 0 Å². The van der Waals surface area contributed by atoms with Gasteiger partial charge in [0.05, 0.1) is 0 Å². The van der Waals surface area contributed by atoms with E-state index in [0.29, 0.717) is 6.04 Å². The highest BCUT2D eigenvalue weighted by atomic mass is 15.1. The van der Waals surface area contributed by atoms with Crippen molar-refractivity contribution in [3.8, 4) is 0 Å². The van der Waals surface area contributed by atoms with Crippen LogP contribution in [-0.2, 0) is 0 Å². The van der Waals surface area contributed by atoms with Crippen molar-refractivity contribution in [2.45, 2.75) is 26.3 Å². The van der Waals surface area contributed by atoms with E-state index in [1.54, 1.807) is 6.33 Å². The minimum absolute atomic E-state index is 0.430. The molecule has 1 rings (SSSR count). The summed E-state index contributed by atoms with van der Waals surface area (Å²) in [5.74, 6) is 1.74. The molecule has 5 nitrogen and oxygen atoms in total. The minimum Gasteiger partial charge on any atom is -0.369 e. The molecule has 0 radical (unpaired) electrons. The first kappa shape index (κ1) is 13.7. The fraction of sp³-hybridized carbons (Fsp3) is 0.667. The zero-order chi connectivity index (χ0) is 12.7. The summed E-state index contributed by atoms with van der Waals surface area (Å²) in [6.45, 7) is 6.15. The molecule has 0 aliphatic rings. The Balaban J connectivity index is 2.48. The van der Waals surface area contributed by atoms with Gasteiger partial charge in [0.1, 0.15) is 18.0 Å². The van der Waals surface area contributed by atoms with E-state index in [0.717, 1.165) is 31.1 Å². The average molecular weight is 237 g/mol. The molecule has 0 saturated carbocycles. The molecule has 96 valence electrons. The summed E-state index contributed by atoms with van der Waals surface area (Å²) in [5.41, 5.74) is 0. The molecule has 17 heavy (non-hydrogen) atoms. The van der Waals surface area contributed by atoms with Gasteiger partial charge in [-0.1, -0.05) is 6.92 Å². The minimum atomic E-state index is 0.430. The second kappa shape index (κ2) is 7.06. The molecule has 0 aliphatic carbocycles. The standard InChI is InChI=1S/C12H23N5/c1-5-10(2)16-12-8-11(14-9-15-12)13-6-7-17(3)4/h8-10H,5-7H2,1-4H3,(H2,13,14,15,16). The molecule has 1 atom stereocenters. The van der Waals surface area contributed by atoms with Gasteiger partial charge in [0.25, 0.3) is 0 Å². The van der Waals surface area contributed by atoms with Gasteiger partial charge in [0.15, 0.2) is 0 Å². The molecule has 0 fully saturated rings. The Morgan fingerprint density at radius 1 is 1.29 bits per heavy atom. The Morgan fingerprint density at radius 2 is 2.00 bits per heavy atom. The molecule has 0 bridgehead atoms. The summed E-state index contributed by atoms with van der Waals surface area (Å²) < 4.78 is 0. The molecule has 5 heteroatoms.